The van der Waals surface area contributed by atoms with Gasteiger partial charge in [-0.3, -0.25) is 9.59 Å². The summed E-state index contributed by atoms with van der Waals surface area (Å²) < 4.78 is 0. The molecule has 236 valence electrons. The van der Waals surface area contributed by atoms with Crippen LogP contribution in [0.3, 0.4) is 0 Å². The van der Waals surface area contributed by atoms with Gasteiger partial charge in [0, 0.05) is 28.7 Å². The van der Waals surface area contributed by atoms with Crippen LogP contribution in [0.15, 0.2) is 78.9 Å². The van der Waals surface area contributed by atoms with E-state index in [0.717, 1.165) is 0 Å². The number of terminal acetylenes is 1. The van der Waals surface area contributed by atoms with Crippen LogP contribution >= 0.6 is 0 Å². The van der Waals surface area contributed by atoms with E-state index in [9.17, 15) is 9.59 Å². The van der Waals surface area contributed by atoms with Crippen molar-refractivity contribution in [2.45, 2.75) is 21.3 Å². The van der Waals surface area contributed by atoms with E-state index < -0.39 is 0 Å². The molecule has 0 aliphatic heterocycles. The predicted molar refractivity (Wildman–Crippen MR) is 198 cm³/mol. The lowest BCUT2D eigenvalue weighted by molar-refractivity contribution is 0.109. The van der Waals surface area contributed by atoms with Crippen LogP contribution in [-0.4, -0.2) is 17.7 Å². The summed E-state index contributed by atoms with van der Waals surface area (Å²) in [5.41, 5.74) is 12.7. The van der Waals surface area contributed by atoms with Gasteiger partial charge in [-0.2, -0.15) is 4.91 Å². The van der Waals surface area contributed by atoms with Crippen LogP contribution in [0.2, 0.25) is 0 Å². The van der Waals surface area contributed by atoms with Crippen LogP contribution in [0, 0.1) is 136 Å². The minimum atomic E-state index is 0. The number of anilines is 1. The van der Waals surface area contributed by atoms with Crippen LogP contribution < -0.4 is 5.73 Å². The normalized spacial score (nSPS) is 6.22. The number of hydrogen-bond donors (Lipinski definition) is 3. The Balaban J connectivity index is -0.000000623. The highest BCUT2D eigenvalue weighted by Gasteiger charge is 1.95. The van der Waals surface area contributed by atoms with Crippen molar-refractivity contribution in [3.63, 3.8) is 0 Å². The molecule has 0 fully saturated rings. The molecule has 0 atom stereocenters. The maximum absolute atomic E-state index is 10.2. The molecule has 49 heavy (non-hydrogen) atoms. The highest BCUT2D eigenvalue weighted by molar-refractivity contribution is 5.90. The quantitative estimate of drug-likeness (QED) is 0.106. The number of nitrogens with one attached hydrogen (secondary N) is 1. The summed E-state index contributed by atoms with van der Waals surface area (Å²) in [6.45, 7) is 3.78. The number of carbonyl (C=O) groups excluding carboxylic acids is 2. The molecule has 0 radical (unpaired) electrons. The highest BCUT2D eigenvalue weighted by Crippen LogP contribution is 2.09. The second-order valence-corrected chi connectivity index (χ2v) is 7.63. The molecule has 6 nitrogen and oxygen atoms in total. The molecular weight excluding hydrogens is 608 g/mol. The Hall–Kier alpha value is -8.20. The second-order valence-electron chi connectivity index (χ2n) is 7.63. The Kier molecular flexibility index (Phi) is 33.2. The summed E-state index contributed by atoms with van der Waals surface area (Å²) in [6.07, 6.45) is 6.24. The summed E-state index contributed by atoms with van der Waals surface area (Å²) in [5, 5.41) is 8.70. The van der Waals surface area contributed by atoms with Gasteiger partial charge in [0.2, 0.25) is 0 Å². The van der Waals surface area contributed by atoms with Crippen molar-refractivity contribution in [2.75, 3.05) is 5.73 Å². The maximum Gasteiger partial charge on any atom is 0.150 e. The standard InChI is InChI=1S/C21H4.C8H6O2.C7H8.C6H7NO.CH4.HNO/c1-3-5-7-9-11-13-15-17-19-21-20-18-16-14-12-10-8-6-4-2;9-5-7-3-1-2-4-8(7)6-10;1-7-5-3-2-4-6-7;7-5-1-3-6(8)4-2-5;;1-2/h1H,2H3;1-6H;2-6H,1H3;1-4,8H,7H2;1H4;1H. The van der Waals surface area contributed by atoms with Crippen molar-refractivity contribution in [2.24, 2.45) is 0 Å². The number of nitroso groups, excluding NO2 is 1. The number of aldehydes is 2. The number of phenolic OH excluding ortho intramolecular Hbond substituents is 1. The fourth-order valence-electron chi connectivity index (χ4n) is 2.30. The van der Waals surface area contributed by atoms with Gasteiger partial charge < -0.3 is 10.8 Å². The minimum absolute atomic E-state index is 0. The van der Waals surface area contributed by atoms with Crippen molar-refractivity contribution in [1.82, 2.24) is 0 Å². The molecule has 0 aliphatic rings. The van der Waals surface area contributed by atoms with Gasteiger partial charge in [-0.05, 0) is 133 Å². The SMILES string of the molecule is C.C#CC#CC#CC#CC#CC#CC#CC#CC#CC#CC.Cc1ccccc1.N=O.Nc1ccc(O)cc1.O=Cc1ccccc1C=O. The first kappa shape index (κ1) is 45.2. The van der Waals surface area contributed by atoms with Crippen LogP contribution in [0.4, 0.5) is 5.69 Å². The first-order valence-corrected chi connectivity index (χ1v) is 13.1. The molecule has 0 saturated heterocycles. The van der Waals surface area contributed by atoms with Gasteiger partial charge in [0.1, 0.15) is 5.75 Å². The summed E-state index contributed by atoms with van der Waals surface area (Å²) in [7, 11) is 0. The zero-order valence-electron chi connectivity index (χ0n) is 26.0. The van der Waals surface area contributed by atoms with Crippen LogP contribution in [-0.2, 0) is 0 Å². The van der Waals surface area contributed by atoms with Crippen LogP contribution in [0.1, 0.15) is 40.6 Å². The van der Waals surface area contributed by atoms with E-state index in [1.165, 1.54) is 5.56 Å². The van der Waals surface area contributed by atoms with E-state index in [1.807, 2.05) is 18.2 Å². The third kappa shape index (κ3) is 31.0. The smallest absolute Gasteiger partial charge is 0.150 e. The molecule has 6 heteroatoms. The Morgan fingerprint density at radius 2 is 0.898 bits per heavy atom. The summed E-state index contributed by atoms with van der Waals surface area (Å²) in [4.78, 5) is 28.0. The van der Waals surface area contributed by atoms with Crippen molar-refractivity contribution < 1.29 is 14.7 Å². The van der Waals surface area contributed by atoms with Gasteiger partial charge in [0.05, 0.1) is 0 Å². The number of nitrogens with two attached hydrogens (primary N) is 1. The number of rotatable bonds is 2. The maximum atomic E-state index is 10.2. The molecule has 0 bridgehead atoms. The van der Waals surface area contributed by atoms with E-state index in [-0.39, 0.29) is 13.2 Å². The van der Waals surface area contributed by atoms with E-state index >= 15 is 0 Å². The summed E-state index contributed by atoms with van der Waals surface area (Å²) >= 11 is 0. The number of aromatic hydroxyl groups is 1. The fourth-order valence-corrected chi connectivity index (χ4v) is 2.30. The average Bonchev–Trinajstić information content (AvgIpc) is 3.13. The van der Waals surface area contributed by atoms with E-state index in [1.54, 1.807) is 55.5 Å². The molecule has 3 aromatic rings. The molecule has 0 amide bonds. The van der Waals surface area contributed by atoms with Gasteiger partial charge in [0.25, 0.3) is 0 Å². The first-order valence-electron chi connectivity index (χ1n) is 13.1. The molecular formula is C43H30N2O4. The van der Waals surface area contributed by atoms with Gasteiger partial charge >= 0.3 is 0 Å². The van der Waals surface area contributed by atoms with Gasteiger partial charge in [0.15, 0.2) is 12.6 Å². The molecule has 0 aliphatic carbocycles. The number of hydrogen-bond acceptors (Lipinski definition) is 6. The number of nitrogen functional groups attached to an aromatic ring is 1. The molecule has 4 N–H and O–H groups in total. The molecule has 3 aromatic carbocycles. The Labute approximate surface area is 290 Å². The van der Waals surface area contributed by atoms with Crippen molar-refractivity contribution in [3.05, 3.63) is 100 Å². The Bertz CT molecular complexity index is 2040. The lowest BCUT2D eigenvalue weighted by atomic mass is 10.1. The van der Waals surface area contributed by atoms with E-state index in [0.29, 0.717) is 29.4 Å². The Morgan fingerprint density at radius 1 is 0.571 bits per heavy atom. The monoisotopic (exact) mass is 638 g/mol. The molecule has 3 rings (SSSR count). The van der Waals surface area contributed by atoms with Gasteiger partial charge in [-0.1, -0.05) is 79.1 Å². The molecule has 0 heterocycles. The largest absolute Gasteiger partial charge is 0.508 e. The van der Waals surface area contributed by atoms with Crippen molar-refractivity contribution in [3.8, 4) is 125 Å². The van der Waals surface area contributed by atoms with E-state index in [4.69, 9.17) is 22.2 Å². The number of carbonyl (C=O) groups is 2. The lowest BCUT2D eigenvalue weighted by Gasteiger charge is -1.91. The lowest BCUT2D eigenvalue weighted by Crippen LogP contribution is -1.87. The van der Waals surface area contributed by atoms with Crippen LogP contribution in [0.25, 0.3) is 0 Å². The van der Waals surface area contributed by atoms with Gasteiger partial charge in [-0.25, -0.2) is 0 Å². The van der Waals surface area contributed by atoms with Gasteiger partial charge in [-0.15, -0.1) is 6.42 Å². The molecule has 0 aromatic heterocycles. The number of aryl methyl sites for hydroxylation is 1. The summed E-state index contributed by atoms with van der Waals surface area (Å²) in [6, 6.07) is 23.3. The summed E-state index contributed by atoms with van der Waals surface area (Å²) in [5.74, 6) is 47.2. The highest BCUT2D eigenvalue weighted by atomic mass is 16.3. The number of benzene rings is 3. The van der Waals surface area contributed by atoms with Crippen molar-refractivity contribution in [1.29, 1.82) is 5.59 Å². The number of phenols is 1. The predicted octanol–water partition coefficient (Wildman–Crippen LogP) is 5.92. The third-order valence-electron chi connectivity index (χ3n) is 4.28. The third-order valence-corrected chi connectivity index (χ3v) is 4.28. The topological polar surface area (TPSA) is 121 Å². The minimum Gasteiger partial charge on any atom is -0.508 e. The zero-order valence-corrected chi connectivity index (χ0v) is 26.0. The second kappa shape index (κ2) is 36.0. The van der Waals surface area contributed by atoms with E-state index in [2.05, 4.69) is 137 Å². The first-order chi connectivity index (χ1) is 23.5. The average molecular weight is 639 g/mol. The molecule has 0 saturated carbocycles. The molecule has 0 spiro atoms. The van der Waals surface area contributed by atoms with Crippen LogP contribution in [0.5, 0.6) is 5.75 Å². The zero-order chi connectivity index (χ0) is 35.9. The fraction of sp³-hybridized carbons (Fsp3) is 0.0698. The Morgan fingerprint density at radius 3 is 1.16 bits per heavy atom. The van der Waals surface area contributed by atoms with Crippen molar-refractivity contribution >= 4 is 18.3 Å². The molecule has 0 unspecified atom stereocenters.